The minimum absolute atomic E-state index is 0.0538. The zero-order chi connectivity index (χ0) is 14.3. The topological polar surface area (TPSA) is 88.2 Å². The first-order chi connectivity index (χ1) is 9.43. The molecule has 2 aromatic heterocycles. The third-order valence-corrected chi connectivity index (χ3v) is 3.54. The van der Waals surface area contributed by atoms with Gasteiger partial charge in [-0.25, -0.2) is 9.78 Å². The first kappa shape index (κ1) is 13.0. The lowest BCUT2D eigenvalue weighted by Gasteiger charge is -2.15. The van der Waals surface area contributed by atoms with Crippen LogP contribution in [0, 0.1) is 0 Å². The maximum absolute atomic E-state index is 11.0. The summed E-state index contributed by atoms with van der Waals surface area (Å²) < 4.78 is 10.4. The van der Waals surface area contributed by atoms with Crippen LogP contribution in [0.1, 0.15) is 44.7 Å². The highest BCUT2D eigenvalue weighted by atomic mass is 16.5. The summed E-state index contributed by atoms with van der Waals surface area (Å²) in [4.78, 5) is 20.0. The molecule has 7 heteroatoms. The SMILES string of the molecule is CC(C)(C)c1cnc(N2CCC(c3noc(=O)[nH]3)C2)o1. The summed E-state index contributed by atoms with van der Waals surface area (Å²) in [5, 5.41) is 3.75. The fourth-order valence-electron chi connectivity index (χ4n) is 2.33. The normalized spacial score (nSPS) is 19.8. The Morgan fingerprint density at radius 2 is 2.25 bits per heavy atom. The lowest BCUT2D eigenvalue weighted by Crippen LogP contribution is -2.20. The lowest BCUT2D eigenvalue weighted by atomic mass is 9.94. The maximum atomic E-state index is 11.0. The van der Waals surface area contributed by atoms with Crippen molar-refractivity contribution in [2.45, 2.75) is 38.5 Å². The minimum Gasteiger partial charge on any atom is -0.428 e. The van der Waals surface area contributed by atoms with Gasteiger partial charge in [0.05, 0.1) is 6.20 Å². The van der Waals surface area contributed by atoms with Gasteiger partial charge in [-0.15, -0.1) is 0 Å². The molecule has 0 bridgehead atoms. The summed E-state index contributed by atoms with van der Waals surface area (Å²) in [6, 6.07) is 0.628. The highest BCUT2D eigenvalue weighted by molar-refractivity contribution is 5.31. The summed E-state index contributed by atoms with van der Waals surface area (Å²) in [6.45, 7) is 7.80. The number of rotatable bonds is 2. The van der Waals surface area contributed by atoms with Crippen LogP contribution in [0.15, 0.2) is 19.9 Å². The number of nitrogens with zero attached hydrogens (tertiary/aromatic N) is 3. The van der Waals surface area contributed by atoms with Gasteiger partial charge in [0.1, 0.15) is 5.76 Å². The average molecular weight is 278 g/mol. The first-order valence-electron chi connectivity index (χ1n) is 6.70. The second-order valence-corrected chi connectivity index (χ2v) is 6.17. The number of H-pyrrole nitrogens is 1. The standard InChI is InChI=1S/C13H18N4O3/c1-13(2,3)9-6-14-11(19-9)17-5-4-8(7-17)10-15-12(18)20-16-10/h6,8H,4-5,7H2,1-3H3,(H,15,16,18). The molecule has 0 amide bonds. The van der Waals surface area contributed by atoms with Crippen molar-refractivity contribution in [3.05, 3.63) is 28.3 Å². The fraction of sp³-hybridized carbons (Fsp3) is 0.615. The van der Waals surface area contributed by atoms with Gasteiger partial charge in [0.2, 0.25) is 0 Å². The molecule has 0 saturated carbocycles. The van der Waals surface area contributed by atoms with Crippen LogP contribution >= 0.6 is 0 Å². The van der Waals surface area contributed by atoms with E-state index in [9.17, 15) is 4.79 Å². The van der Waals surface area contributed by atoms with Crippen molar-refractivity contribution in [1.82, 2.24) is 15.1 Å². The molecule has 1 aliphatic rings. The zero-order valence-electron chi connectivity index (χ0n) is 11.8. The smallest absolute Gasteiger partial charge is 0.428 e. The van der Waals surface area contributed by atoms with Gasteiger partial charge in [0, 0.05) is 24.4 Å². The zero-order valence-corrected chi connectivity index (χ0v) is 11.8. The molecule has 1 saturated heterocycles. The molecule has 1 fully saturated rings. The van der Waals surface area contributed by atoms with Crippen molar-refractivity contribution < 1.29 is 8.94 Å². The third kappa shape index (κ3) is 2.35. The van der Waals surface area contributed by atoms with Gasteiger partial charge in [-0.3, -0.25) is 9.51 Å². The van der Waals surface area contributed by atoms with E-state index in [1.165, 1.54) is 0 Å². The van der Waals surface area contributed by atoms with E-state index in [1.54, 1.807) is 6.20 Å². The summed E-state index contributed by atoms with van der Waals surface area (Å²) in [6.07, 6.45) is 2.66. The van der Waals surface area contributed by atoms with Crippen LogP contribution in [0.25, 0.3) is 0 Å². The van der Waals surface area contributed by atoms with Crippen molar-refractivity contribution in [1.29, 1.82) is 0 Å². The Hall–Kier alpha value is -2.05. The summed E-state index contributed by atoms with van der Waals surface area (Å²) in [5.74, 6) is 1.10. The van der Waals surface area contributed by atoms with Crippen LogP contribution in [-0.2, 0) is 5.41 Å². The molecule has 20 heavy (non-hydrogen) atoms. The third-order valence-electron chi connectivity index (χ3n) is 3.54. The molecule has 0 aliphatic carbocycles. The van der Waals surface area contributed by atoms with E-state index in [1.807, 2.05) is 0 Å². The number of oxazole rings is 1. The Balaban J connectivity index is 1.74. The van der Waals surface area contributed by atoms with E-state index in [2.05, 4.69) is 45.3 Å². The van der Waals surface area contributed by atoms with E-state index in [-0.39, 0.29) is 11.3 Å². The highest BCUT2D eigenvalue weighted by Gasteiger charge is 2.30. The molecule has 1 N–H and O–H groups in total. The molecule has 3 heterocycles. The largest absolute Gasteiger partial charge is 0.438 e. The average Bonchev–Trinajstić information content (AvgIpc) is 3.06. The summed E-state index contributed by atoms with van der Waals surface area (Å²) in [5.41, 5.74) is -0.0538. The molecule has 2 aromatic rings. The molecule has 1 unspecified atom stereocenters. The van der Waals surface area contributed by atoms with Crippen LogP contribution in [0.2, 0.25) is 0 Å². The van der Waals surface area contributed by atoms with E-state index in [0.717, 1.165) is 18.7 Å². The van der Waals surface area contributed by atoms with E-state index in [4.69, 9.17) is 4.42 Å². The molecule has 0 radical (unpaired) electrons. The van der Waals surface area contributed by atoms with Gasteiger partial charge in [-0.05, 0) is 6.42 Å². The van der Waals surface area contributed by atoms with E-state index in [0.29, 0.717) is 18.4 Å². The molecule has 7 nitrogen and oxygen atoms in total. The van der Waals surface area contributed by atoms with Crippen LogP contribution in [0.3, 0.4) is 0 Å². The number of nitrogens with one attached hydrogen (secondary N) is 1. The summed E-state index contributed by atoms with van der Waals surface area (Å²) in [7, 11) is 0. The number of aromatic nitrogens is 3. The van der Waals surface area contributed by atoms with Gasteiger partial charge >= 0.3 is 5.76 Å². The quantitative estimate of drug-likeness (QED) is 0.898. The first-order valence-corrected chi connectivity index (χ1v) is 6.70. The van der Waals surface area contributed by atoms with Gasteiger partial charge in [-0.1, -0.05) is 25.9 Å². The van der Waals surface area contributed by atoms with Gasteiger partial charge in [0.15, 0.2) is 5.82 Å². The second kappa shape index (κ2) is 4.50. The van der Waals surface area contributed by atoms with Crippen molar-refractivity contribution in [3.63, 3.8) is 0 Å². The van der Waals surface area contributed by atoms with E-state index < -0.39 is 5.76 Å². The Morgan fingerprint density at radius 3 is 2.85 bits per heavy atom. The fourth-order valence-corrected chi connectivity index (χ4v) is 2.33. The minimum atomic E-state index is -0.510. The van der Waals surface area contributed by atoms with Crippen LogP contribution in [0.4, 0.5) is 6.01 Å². The van der Waals surface area contributed by atoms with Crippen molar-refractivity contribution >= 4 is 6.01 Å². The molecule has 3 rings (SSSR count). The van der Waals surface area contributed by atoms with Crippen LogP contribution < -0.4 is 10.7 Å². The van der Waals surface area contributed by atoms with E-state index >= 15 is 0 Å². The Morgan fingerprint density at radius 1 is 1.45 bits per heavy atom. The Kier molecular flexibility index (Phi) is 2.92. The van der Waals surface area contributed by atoms with Gasteiger partial charge < -0.3 is 9.32 Å². The number of aromatic amines is 1. The molecular weight excluding hydrogens is 260 g/mol. The monoisotopic (exact) mass is 278 g/mol. The molecule has 0 aromatic carbocycles. The second-order valence-electron chi connectivity index (χ2n) is 6.17. The summed E-state index contributed by atoms with van der Waals surface area (Å²) >= 11 is 0. The maximum Gasteiger partial charge on any atom is 0.438 e. The van der Waals surface area contributed by atoms with Crippen LogP contribution in [-0.4, -0.2) is 28.2 Å². The molecular formula is C13H18N4O3. The number of hydrogen-bond acceptors (Lipinski definition) is 6. The molecule has 1 aliphatic heterocycles. The Bertz CT molecular complexity index is 649. The molecule has 1 atom stereocenters. The highest BCUT2D eigenvalue weighted by Crippen LogP contribution is 2.31. The molecule has 108 valence electrons. The van der Waals surface area contributed by atoms with Gasteiger partial charge in [-0.2, -0.15) is 0 Å². The Labute approximate surface area is 116 Å². The van der Waals surface area contributed by atoms with Crippen molar-refractivity contribution in [2.75, 3.05) is 18.0 Å². The van der Waals surface area contributed by atoms with Crippen molar-refractivity contribution in [2.24, 2.45) is 0 Å². The molecule has 0 spiro atoms. The van der Waals surface area contributed by atoms with Crippen LogP contribution in [0.5, 0.6) is 0 Å². The predicted molar refractivity (Wildman–Crippen MR) is 71.9 cm³/mol. The number of anilines is 1. The number of hydrogen-bond donors (Lipinski definition) is 1. The predicted octanol–water partition coefficient (Wildman–Crippen LogP) is 1.64. The van der Waals surface area contributed by atoms with Crippen molar-refractivity contribution in [3.8, 4) is 0 Å². The van der Waals surface area contributed by atoms with Gasteiger partial charge in [0.25, 0.3) is 6.01 Å². The lowest BCUT2D eigenvalue weighted by molar-refractivity contribution is 0.378.